The van der Waals surface area contributed by atoms with Gasteiger partial charge in [-0.2, -0.15) is 0 Å². The zero-order chi connectivity index (χ0) is 18.0. The Labute approximate surface area is 141 Å². The van der Waals surface area contributed by atoms with E-state index in [1.165, 1.54) is 12.1 Å². The van der Waals surface area contributed by atoms with E-state index in [4.69, 9.17) is 0 Å². The molecule has 0 aliphatic carbocycles. The lowest BCUT2D eigenvalue weighted by Crippen LogP contribution is -2.29. The molecular weight excluding hydrogens is 324 g/mol. The topological polar surface area (TPSA) is 121 Å². The summed E-state index contributed by atoms with van der Waals surface area (Å²) < 4.78 is 0. The molecule has 1 aromatic heterocycles. The monoisotopic (exact) mass is 340 g/mol. The first-order chi connectivity index (χ1) is 12.0. The highest BCUT2D eigenvalue weighted by Gasteiger charge is 2.14. The summed E-state index contributed by atoms with van der Waals surface area (Å²) in [6, 6.07) is 12.4. The molecule has 8 nitrogen and oxygen atoms in total. The van der Waals surface area contributed by atoms with Crippen molar-refractivity contribution in [1.82, 2.24) is 15.3 Å². The van der Waals surface area contributed by atoms with Crippen molar-refractivity contribution in [2.45, 2.75) is 19.5 Å². The predicted octanol–water partition coefficient (Wildman–Crippen LogP) is 1.98. The van der Waals surface area contributed by atoms with Crippen LogP contribution in [0.3, 0.4) is 0 Å². The molecule has 1 unspecified atom stereocenters. The molecule has 128 valence electrons. The van der Waals surface area contributed by atoms with Crippen molar-refractivity contribution in [1.29, 1.82) is 0 Å². The number of hydrogen-bond donors (Lipinski definition) is 3. The zero-order valence-corrected chi connectivity index (χ0v) is 13.4. The van der Waals surface area contributed by atoms with Crippen LogP contribution in [0.2, 0.25) is 0 Å². The molecule has 0 spiro atoms. The fourth-order valence-corrected chi connectivity index (χ4v) is 2.65. The second-order valence-corrected chi connectivity index (χ2v) is 5.71. The Kier molecular flexibility index (Phi) is 4.44. The molecule has 0 fully saturated rings. The van der Waals surface area contributed by atoms with Crippen LogP contribution in [0, 0.1) is 10.1 Å². The summed E-state index contributed by atoms with van der Waals surface area (Å²) in [5, 5.41) is 14.4. The lowest BCUT2D eigenvalue weighted by atomic mass is 10.1. The van der Waals surface area contributed by atoms with Gasteiger partial charge in [0, 0.05) is 24.7 Å². The third-order valence-electron chi connectivity index (χ3n) is 4.01. The van der Waals surface area contributed by atoms with Gasteiger partial charge in [0.15, 0.2) is 0 Å². The van der Waals surface area contributed by atoms with Crippen molar-refractivity contribution in [3.05, 3.63) is 84.4 Å². The zero-order valence-electron chi connectivity index (χ0n) is 13.4. The maximum atomic E-state index is 11.6. The number of fused-ring (bicyclic) bond motifs is 1. The quantitative estimate of drug-likeness (QED) is 0.372. The summed E-state index contributed by atoms with van der Waals surface area (Å²) in [6.45, 7) is 2.26. The van der Waals surface area contributed by atoms with Crippen molar-refractivity contribution in [3.63, 3.8) is 0 Å². The van der Waals surface area contributed by atoms with Crippen molar-refractivity contribution in [2.75, 3.05) is 0 Å². The summed E-state index contributed by atoms with van der Waals surface area (Å²) >= 11 is 0. The molecule has 2 aromatic carbocycles. The van der Waals surface area contributed by atoms with E-state index in [9.17, 15) is 19.7 Å². The highest BCUT2D eigenvalue weighted by atomic mass is 16.6. The van der Waals surface area contributed by atoms with Crippen LogP contribution in [-0.4, -0.2) is 14.9 Å². The van der Waals surface area contributed by atoms with Gasteiger partial charge in [-0.25, -0.2) is 0 Å². The molecule has 0 saturated carbocycles. The van der Waals surface area contributed by atoms with Gasteiger partial charge in [0.05, 0.1) is 16.0 Å². The van der Waals surface area contributed by atoms with Crippen LogP contribution >= 0.6 is 0 Å². The molecular formula is C17H16N4O4. The molecule has 3 aromatic rings. The molecule has 0 radical (unpaired) electrons. The number of nitro groups is 1. The lowest BCUT2D eigenvalue weighted by molar-refractivity contribution is -0.384. The van der Waals surface area contributed by atoms with E-state index in [0.29, 0.717) is 11.1 Å². The van der Waals surface area contributed by atoms with Gasteiger partial charge in [0.1, 0.15) is 0 Å². The largest absolute Gasteiger partial charge is 0.316 e. The van der Waals surface area contributed by atoms with Crippen LogP contribution < -0.4 is 16.4 Å². The van der Waals surface area contributed by atoms with E-state index < -0.39 is 16.0 Å². The third-order valence-corrected chi connectivity index (χ3v) is 4.01. The number of rotatable bonds is 5. The Hall–Kier alpha value is -3.26. The van der Waals surface area contributed by atoms with Crippen LogP contribution in [-0.2, 0) is 6.54 Å². The van der Waals surface area contributed by atoms with E-state index in [1.54, 1.807) is 0 Å². The molecule has 3 rings (SSSR count). The first-order valence-electron chi connectivity index (χ1n) is 7.67. The third kappa shape index (κ3) is 3.48. The number of H-pyrrole nitrogens is 2. The summed E-state index contributed by atoms with van der Waals surface area (Å²) in [4.78, 5) is 38.6. The summed E-state index contributed by atoms with van der Waals surface area (Å²) in [5.74, 6) is 0. The standard InChI is InChI=1S/C17H16N4O4/c1-10(11-5-3-2-4-6-11)18-9-12-7-13(21(24)25)8-14-15(12)20-17(23)16(22)19-14/h2-8,10,18H,9H2,1H3,(H,19,22)(H,20,23). The molecule has 25 heavy (non-hydrogen) atoms. The maximum absolute atomic E-state index is 11.6. The van der Waals surface area contributed by atoms with Crippen molar-refractivity contribution in [2.24, 2.45) is 0 Å². The molecule has 1 heterocycles. The van der Waals surface area contributed by atoms with E-state index in [1.807, 2.05) is 37.3 Å². The Balaban J connectivity index is 1.99. The predicted molar refractivity (Wildman–Crippen MR) is 93.5 cm³/mol. The molecule has 0 aliphatic rings. The second-order valence-electron chi connectivity index (χ2n) is 5.71. The fraction of sp³-hybridized carbons (Fsp3) is 0.176. The molecule has 0 amide bonds. The van der Waals surface area contributed by atoms with Gasteiger partial charge in [0.2, 0.25) is 0 Å². The molecule has 0 saturated heterocycles. The SMILES string of the molecule is CC(NCc1cc([N+](=O)[O-])cc2[nH]c(=O)c(=O)[nH]c12)c1ccccc1. The average molecular weight is 340 g/mol. The minimum atomic E-state index is -0.843. The lowest BCUT2D eigenvalue weighted by Gasteiger charge is -2.15. The first-order valence-corrected chi connectivity index (χ1v) is 7.67. The van der Waals surface area contributed by atoms with Crippen molar-refractivity contribution < 1.29 is 4.92 Å². The van der Waals surface area contributed by atoms with Crippen molar-refractivity contribution in [3.8, 4) is 0 Å². The van der Waals surface area contributed by atoms with E-state index in [-0.39, 0.29) is 23.8 Å². The van der Waals surface area contributed by atoms with Gasteiger partial charge in [-0.15, -0.1) is 0 Å². The summed E-state index contributed by atoms with van der Waals surface area (Å²) in [5.41, 5.74) is 0.410. The second kappa shape index (κ2) is 6.70. The summed E-state index contributed by atoms with van der Waals surface area (Å²) in [7, 11) is 0. The van der Waals surface area contributed by atoms with E-state index in [0.717, 1.165) is 5.56 Å². The first kappa shape index (κ1) is 16.6. The number of aromatic amines is 2. The molecule has 0 aliphatic heterocycles. The number of hydrogen-bond acceptors (Lipinski definition) is 5. The number of benzene rings is 2. The number of nitro benzene ring substituents is 1. The van der Waals surface area contributed by atoms with Crippen LogP contribution in [0.4, 0.5) is 5.69 Å². The Morgan fingerprint density at radius 3 is 2.48 bits per heavy atom. The van der Waals surface area contributed by atoms with E-state index in [2.05, 4.69) is 15.3 Å². The van der Waals surface area contributed by atoms with Gasteiger partial charge in [-0.3, -0.25) is 19.7 Å². The van der Waals surface area contributed by atoms with Crippen LogP contribution in [0.1, 0.15) is 24.1 Å². The molecule has 8 heteroatoms. The molecule has 0 bridgehead atoms. The van der Waals surface area contributed by atoms with Crippen molar-refractivity contribution >= 4 is 16.7 Å². The van der Waals surface area contributed by atoms with Crippen LogP contribution in [0.5, 0.6) is 0 Å². The minimum Gasteiger partial charge on any atom is -0.316 e. The summed E-state index contributed by atoms with van der Waals surface area (Å²) in [6.07, 6.45) is 0. The normalized spacial score (nSPS) is 12.2. The van der Waals surface area contributed by atoms with Gasteiger partial charge < -0.3 is 15.3 Å². The minimum absolute atomic E-state index is 0.00463. The van der Waals surface area contributed by atoms with Gasteiger partial charge in [0.25, 0.3) is 5.69 Å². The van der Waals surface area contributed by atoms with Gasteiger partial charge in [-0.1, -0.05) is 30.3 Å². The smallest absolute Gasteiger partial charge is 0.314 e. The van der Waals surface area contributed by atoms with Gasteiger partial charge >= 0.3 is 11.1 Å². The maximum Gasteiger partial charge on any atom is 0.314 e. The van der Waals surface area contributed by atoms with E-state index >= 15 is 0 Å². The number of nitrogens with zero attached hydrogens (tertiary/aromatic N) is 1. The average Bonchev–Trinajstić information content (AvgIpc) is 2.61. The van der Waals surface area contributed by atoms with Gasteiger partial charge in [-0.05, 0) is 18.1 Å². The highest BCUT2D eigenvalue weighted by molar-refractivity contribution is 5.80. The number of non-ortho nitro benzene ring substituents is 1. The molecule has 1 atom stereocenters. The molecule has 3 N–H and O–H groups in total. The Morgan fingerprint density at radius 1 is 1.12 bits per heavy atom. The fourth-order valence-electron chi connectivity index (χ4n) is 2.65. The van der Waals surface area contributed by atoms with Crippen LogP contribution in [0.25, 0.3) is 11.0 Å². The number of nitrogens with one attached hydrogen (secondary N) is 3. The highest BCUT2D eigenvalue weighted by Crippen LogP contribution is 2.22. The Bertz CT molecular complexity index is 1040. The van der Waals surface area contributed by atoms with Crippen LogP contribution in [0.15, 0.2) is 52.1 Å². The number of aromatic nitrogens is 2. The Morgan fingerprint density at radius 2 is 1.80 bits per heavy atom.